The van der Waals surface area contributed by atoms with Crippen molar-refractivity contribution in [2.24, 2.45) is 5.41 Å². The molecule has 2 rings (SSSR count). The maximum absolute atomic E-state index is 12.1. The van der Waals surface area contributed by atoms with Crippen molar-refractivity contribution in [1.82, 2.24) is 15.5 Å². The molecule has 1 aliphatic rings. The van der Waals surface area contributed by atoms with E-state index in [-0.39, 0.29) is 24.1 Å². The van der Waals surface area contributed by atoms with Crippen LogP contribution in [-0.2, 0) is 11.3 Å². The lowest BCUT2D eigenvalue weighted by Gasteiger charge is -2.33. The summed E-state index contributed by atoms with van der Waals surface area (Å²) in [6, 6.07) is 9.61. The molecule has 1 aromatic carbocycles. The Morgan fingerprint density at radius 2 is 1.80 bits per heavy atom. The van der Waals surface area contributed by atoms with Gasteiger partial charge in [0, 0.05) is 25.7 Å². The molecule has 0 radical (unpaired) electrons. The standard InChI is InChI=1S/C19H29N3O3/c1-19(2,3)14-20-17(23)22-11-9-16(10-12-22)21-18(24)25-13-15-7-5-4-6-8-15/h4-8,16H,9-14H2,1-3H3,(H,20,23)(H,21,24). The molecule has 1 heterocycles. The molecule has 3 amide bonds. The van der Waals surface area contributed by atoms with Gasteiger partial charge in [-0.05, 0) is 23.8 Å². The van der Waals surface area contributed by atoms with Gasteiger partial charge in [0.1, 0.15) is 6.61 Å². The molecule has 6 nitrogen and oxygen atoms in total. The first kappa shape index (κ1) is 19.1. The molecule has 1 aliphatic heterocycles. The average Bonchev–Trinajstić information content (AvgIpc) is 2.59. The summed E-state index contributed by atoms with van der Waals surface area (Å²) in [7, 11) is 0. The number of nitrogens with one attached hydrogen (secondary N) is 2. The van der Waals surface area contributed by atoms with Crippen LogP contribution >= 0.6 is 0 Å². The largest absolute Gasteiger partial charge is 0.445 e. The fraction of sp³-hybridized carbons (Fsp3) is 0.579. The van der Waals surface area contributed by atoms with Gasteiger partial charge < -0.3 is 20.3 Å². The highest BCUT2D eigenvalue weighted by molar-refractivity contribution is 5.74. The van der Waals surface area contributed by atoms with Crippen molar-refractivity contribution in [2.45, 2.75) is 46.3 Å². The lowest BCUT2D eigenvalue weighted by Crippen LogP contribution is -2.50. The molecule has 0 aromatic heterocycles. The van der Waals surface area contributed by atoms with Gasteiger partial charge in [-0.25, -0.2) is 9.59 Å². The summed E-state index contributed by atoms with van der Waals surface area (Å²) >= 11 is 0. The minimum atomic E-state index is -0.403. The van der Waals surface area contributed by atoms with Crippen molar-refractivity contribution in [3.05, 3.63) is 35.9 Å². The fourth-order valence-electron chi connectivity index (χ4n) is 2.61. The van der Waals surface area contributed by atoms with E-state index in [9.17, 15) is 9.59 Å². The monoisotopic (exact) mass is 347 g/mol. The maximum Gasteiger partial charge on any atom is 0.407 e. The molecule has 1 fully saturated rings. The van der Waals surface area contributed by atoms with Gasteiger partial charge in [0.25, 0.3) is 0 Å². The normalized spacial score (nSPS) is 15.6. The third-order valence-corrected chi connectivity index (χ3v) is 4.09. The Bertz CT molecular complexity index is 561. The van der Waals surface area contributed by atoms with Gasteiger partial charge in [-0.1, -0.05) is 51.1 Å². The van der Waals surface area contributed by atoms with Crippen molar-refractivity contribution < 1.29 is 14.3 Å². The number of piperidine rings is 1. The van der Waals surface area contributed by atoms with E-state index in [0.29, 0.717) is 19.6 Å². The molecule has 25 heavy (non-hydrogen) atoms. The highest BCUT2D eigenvalue weighted by Gasteiger charge is 2.24. The van der Waals surface area contributed by atoms with Crippen LogP contribution < -0.4 is 10.6 Å². The van der Waals surface area contributed by atoms with Crippen LogP contribution in [-0.4, -0.2) is 42.7 Å². The predicted octanol–water partition coefficient (Wildman–Crippen LogP) is 3.13. The Labute approximate surface area is 149 Å². The minimum Gasteiger partial charge on any atom is -0.445 e. The van der Waals surface area contributed by atoms with Gasteiger partial charge in [0.15, 0.2) is 0 Å². The van der Waals surface area contributed by atoms with Crippen molar-refractivity contribution in [3.8, 4) is 0 Å². The summed E-state index contributed by atoms with van der Waals surface area (Å²) < 4.78 is 5.24. The van der Waals surface area contributed by atoms with E-state index in [4.69, 9.17) is 4.74 Å². The van der Waals surface area contributed by atoms with Crippen LogP contribution in [0.2, 0.25) is 0 Å². The van der Waals surface area contributed by atoms with Gasteiger partial charge in [-0.3, -0.25) is 0 Å². The minimum absolute atomic E-state index is 0.0278. The third kappa shape index (κ3) is 7.03. The van der Waals surface area contributed by atoms with E-state index in [2.05, 4.69) is 31.4 Å². The predicted molar refractivity (Wildman–Crippen MR) is 97.2 cm³/mol. The summed E-state index contributed by atoms with van der Waals surface area (Å²) in [5.41, 5.74) is 1.03. The fourth-order valence-corrected chi connectivity index (χ4v) is 2.61. The van der Waals surface area contributed by atoms with Crippen LogP contribution in [0.15, 0.2) is 30.3 Å². The summed E-state index contributed by atoms with van der Waals surface area (Å²) in [5.74, 6) is 0. The van der Waals surface area contributed by atoms with Gasteiger partial charge in [0.2, 0.25) is 0 Å². The Morgan fingerprint density at radius 3 is 2.40 bits per heavy atom. The molecule has 2 N–H and O–H groups in total. The number of alkyl carbamates (subject to hydrolysis) is 1. The van der Waals surface area contributed by atoms with Crippen molar-refractivity contribution in [1.29, 1.82) is 0 Å². The van der Waals surface area contributed by atoms with Crippen molar-refractivity contribution >= 4 is 12.1 Å². The first-order valence-electron chi connectivity index (χ1n) is 8.83. The number of rotatable bonds is 4. The molecule has 0 saturated carbocycles. The lowest BCUT2D eigenvalue weighted by atomic mass is 9.97. The van der Waals surface area contributed by atoms with Gasteiger partial charge in [0.05, 0.1) is 0 Å². The summed E-state index contributed by atoms with van der Waals surface area (Å²) in [4.78, 5) is 25.8. The van der Waals surface area contributed by atoms with Crippen LogP contribution in [0.25, 0.3) is 0 Å². The van der Waals surface area contributed by atoms with E-state index in [1.165, 1.54) is 0 Å². The zero-order valence-corrected chi connectivity index (χ0v) is 15.4. The first-order valence-corrected chi connectivity index (χ1v) is 8.83. The maximum atomic E-state index is 12.1. The number of nitrogens with zero attached hydrogens (tertiary/aromatic N) is 1. The molecule has 138 valence electrons. The molecular weight excluding hydrogens is 318 g/mol. The molecule has 1 saturated heterocycles. The second-order valence-corrected chi connectivity index (χ2v) is 7.69. The number of ether oxygens (including phenoxy) is 1. The van der Waals surface area contributed by atoms with Gasteiger partial charge in [-0.15, -0.1) is 0 Å². The SMILES string of the molecule is CC(C)(C)CNC(=O)N1CCC(NC(=O)OCc2ccccc2)CC1. The molecule has 6 heteroatoms. The van der Waals surface area contributed by atoms with Gasteiger partial charge in [-0.2, -0.15) is 0 Å². The average molecular weight is 347 g/mol. The van der Waals surface area contributed by atoms with Crippen LogP contribution in [0.4, 0.5) is 9.59 Å². The topological polar surface area (TPSA) is 70.7 Å². The Kier molecular flexibility index (Phi) is 6.67. The summed E-state index contributed by atoms with van der Waals surface area (Å²) in [6.07, 6.45) is 1.08. The van der Waals surface area contributed by atoms with Crippen LogP contribution in [0.3, 0.4) is 0 Å². The first-order chi connectivity index (χ1) is 11.8. The number of hydrogen-bond donors (Lipinski definition) is 2. The second kappa shape index (κ2) is 8.74. The molecule has 0 atom stereocenters. The number of urea groups is 1. The number of amides is 3. The highest BCUT2D eigenvalue weighted by atomic mass is 16.5. The van der Waals surface area contributed by atoms with Crippen molar-refractivity contribution in [2.75, 3.05) is 19.6 Å². The number of carbonyl (C=O) groups excluding carboxylic acids is 2. The Hall–Kier alpha value is -2.24. The van der Waals surface area contributed by atoms with Crippen LogP contribution in [0.1, 0.15) is 39.2 Å². The lowest BCUT2D eigenvalue weighted by molar-refractivity contribution is 0.128. The molecule has 1 aromatic rings. The van der Waals surface area contributed by atoms with E-state index in [1.807, 2.05) is 30.3 Å². The number of hydrogen-bond acceptors (Lipinski definition) is 3. The molecule has 0 aliphatic carbocycles. The van der Waals surface area contributed by atoms with Gasteiger partial charge >= 0.3 is 12.1 Å². The van der Waals surface area contributed by atoms with E-state index in [1.54, 1.807) is 4.90 Å². The third-order valence-electron chi connectivity index (χ3n) is 4.09. The van der Waals surface area contributed by atoms with E-state index < -0.39 is 6.09 Å². The Balaban J connectivity index is 1.66. The number of benzene rings is 1. The van der Waals surface area contributed by atoms with Crippen LogP contribution in [0, 0.1) is 5.41 Å². The summed E-state index contributed by atoms with van der Waals surface area (Å²) in [5, 5.41) is 5.85. The number of carbonyl (C=O) groups is 2. The zero-order valence-electron chi connectivity index (χ0n) is 15.4. The number of likely N-dealkylation sites (tertiary alicyclic amines) is 1. The second-order valence-electron chi connectivity index (χ2n) is 7.69. The Morgan fingerprint density at radius 1 is 1.16 bits per heavy atom. The smallest absolute Gasteiger partial charge is 0.407 e. The van der Waals surface area contributed by atoms with Crippen LogP contribution in [0.5, 0.6) is 0 Å². The highest BCUT2D eigenvalue weighted by Crippen LogP contribution is 2.13. The molecule has 0 unspecified atom stereocenters. The quantitative estimate of drug-likeness (QED) is 0.879. The zero-order chi connectivity index (χ0) is 18.3. The van der Waals surface area contributed by atoms with E-state index in [0.717, 1.165) is 18.4 Å². The molecule has 0 bridgehead atoms. The summed E-state index contributed by atoms with van der Waals surface area (Å²) in [6.45, 7) is 8.45. The molecular formula is C19H29N3O3. The molecule has 0 spiro atoms. The van der Waals surface area contributed by atoms with E-state index >= 15 is 0 Å². The van der Waals surface area contributed by atoms with Crippen molar-refractivity contribution in [3.63, 3.8) is 0 Å².